The SMILES string of the molecule is C[C@@H]1CC2(CO1)CN1CCC2CC1. The van der Waals surface area contributed by atoms with Crippen LogP contribution >= 0.6 is 0 Å². The Balaban J connectivity index is 1.83. The van der Waals surface area contributed by atoms with Gasteiger partial charge >= 0.3 is 0 Å². The van der Waals surface area contributed by atoms with Crippen molar-refractivity contribution < 1.29 is 4.74 Å². The predicted molar refractivity (Wildman–Crippen MR) is 51.6 cm³/mol. The number of nitrogens with zero attached hydrogens (tertiary/aromatic N) is 1. The van der Waals surface area contributed by atoms with E-state index < -0.39 is 0 Å². The van der Waals surface area contributed by atoms with Crippen LogP contribution in [0, 0.1) is 11.3 Å². The zero-order valence-electron chi connectivity index (χ0n) is 8.46. The van der Waals surface area contributed by atoms with E-state index in [1.807, 2.05) is 0 Å². The molecular weight excluding hydrogens is 162 g/mol. The molecule has 0 aromatic rings. The van der Waals surface area contributed by atoms with E-state index in [9.17, 15) is 0 Å². The van der Waals surface area contributed by atoms with Crippen molar-refractivity contribution in [1.82, 2.24) is 4.90 Å². The van der Waals surface area contributed by atoms with Gasteiger partial charge in [0.2, 0.25) is 0 Å². The van der Waals surface area contributed by atoms with Crippen molar-refractivity contribution in [1.29, 1.82) is 0 Å². The fraction of sp³-hybridized carbons (Fsp3) is 1.00. The normalized spacial score (nSPS) is 54.7. The molecule has 2 bridgehead atoms. The van der Waals surface area contributed by atoms with E-state index in [1.54, 1.807) is 0 Å². The molecule has 0 aromatic heterocycles. The van der Waals surface area contributed by atoms with Crippen molar-refractivity contribution in [2.24, 2.45) is 11.3 Å². The Kier molecular flexibility index (Phi) is 1.72. The molecule has 1 unspecified atom stereocenters. The van der Waals surface area contributed by atoms with Gasteiger partial charge in [0.1, 0.15) is 0 Å². The molecule has 4 saturated heterocycles. The van der Waals surface area contributed by atoms with Crippen LogP contribution in [0.3, 0.4) is 0 Å². The third-order valence-corrected chi connectivity index (χ3v) is 4.34. The molecule has 13 heavy (non-hydrogen) atoms. The molecule has 4 aliphatic rings. The van der Waals surface area contributed by atoms with Crippen LogP contribution in [0.1, 0.15) is 26.2 Å². The van der Waals surface area contributed by atoms with Crippen molar-refractivity contribution >= 4 is 0 Å². The Hall–Kier alpha value is -0.0800. The minimum Gasteiger partial charge on any atom is -0.378 e. The molecule has 4 fully saturated rings. The van der Waals surface area contributed by atoms with Gasteiger partial charge in [-0.3, -0.25) is 0 Å². The van der Waals surface area contributed by atoms with Crippen molar-refractivity contribution in [3.8, 4) is 0 Å². The first-order chi connectivity index (χ1) is 6.28. The second kappa shape index (κ2) is 2.71. The Bertz CT molecular complexity index is 210. The van der Waals surface area contributed by atoms with Gasteiger partial charge < -0.3 is 9.64 Å². The van der Waals surface area contributed by atoms with E-state index in [1.165, 1.54) is 38.9 Å². The van der Waals surface area contributed by atoms with Gasteiger partial charge in [-0.15, -0.1) is 0 Å². The standard InChI is InChI=1S/C11H19NO/c1-9-6-11(8-13-9)7-12-4-2-10(11)3-5-12/h9-10H,2-8H2,1H3/t9-,11?/m1/s1. The van der Waals surface area contributed by atoms with Crippen LogP contribution in [0.5, 0.6) is 0 Å². The van der Waals surface area contributed by atoms with Crippen LogP contribution in [0.25, 0.3) is 0 Å². The predicted octanol–water partition coefficient (Wildman–Crippen LogP) is 1.51. The van der Waals surface area contributed by atoms with Gasteiger partial charge in [0, 0.05) is 12.0 Å². The van der Waals surface area contributed by atoms with Crippen LogP contribution < -0.4 is 0 Å². The number of fused-ring (bicyclic) bond motifs is 2. The van der Waals surface area contributed by atoms with Gasteiger partial charge in [0.15, 0.2) is 0 Å². The maximum atomic E-state index is 5.77. The Morgan fingerprint density at radius 3 is 2.54 bits per heavy atom. The first kappa shape index (κ1) is 8.25. The Labute approximate surface area is 80.2 Å². The fourth-order valence-electron chi connectivity index (χ4n) is 3.67. The van der Waals surface area contributed by atoms with Crippen LogP contribution in [0.4, 0.5) is 0 Å². The van der Waals surface area contributed by atoms with Gasteiger partial charge in [0.05, 0.1) is 12.7 Å². The molecule has 4 aliphatic heterocycles. The number of piperidine rings is 3. The summed E-state index contributed by atoms with van der Waals surface area (Å²) in [5.41, 5.74) is 0.565. The van der Waals surface area contributed by atoms with Crippen LogP contribution in [0.15, 0.2) is 0 Å². The molecule has 0 N–H and O–H groups in total. The summed E-state index contributed by atoms with van der Waals surface area (Å²) >= 11 is 0. The zero-order valence-corrected chi connectivity index (χ0v) is 8.46. The topological polar surface area (TPSA) is 12.5 Å². The maximum absolute atomic E-state index is 5.77. The van der Waals surface area contributed by atoms with Crippen molar-refractivity contribution in [2.45, 2.75) is 32.3 Å². The molecule has 4 heterocycles. The molecule has 0 amide bonds. The van der Waals surface area contributed by atoms with Crippen LogP contribution in [0.2, 0.25) is 0 Å². The number of hydrogen-bond acceptors (Lipinski definition) is 2. The summed E-state index contributed by atoms with van der Waals surface area (Å²) in [5, 5.41) is 0. The average molecular weight is 181 g/mol. The molecule has 2 heteroatoms. The fourth-order valence-corrected chi connectivity index (χ4v) is 3.67. The van der Waals surface area contributed by atoms with Crippen molar-refractivity contribution in [3.63, 3.8) is 0 Å². The van der Waals surface area contributed by atoms with Gasteiger partial charge in [0.25, 0.3) is 0 Å². The Morgan fingerprint density at radius 1 is 1.31 bits per heavy atom. The van der Waals surface area contributed by atoms with Crippen LogP contribution in [-0.2, 0) is 4.74 Å². The smallest absolute Gasteiger partial charge is 0.0554 e. The quantitative estimate of drug-likeness (QED) is 0.561. The first-order valence-corrected chi connectivity index (χ1v) is 5.62. The summed E-state index contributed by atoms with van der Waals surface area (Å²) in [7, 11) is 0. The highest BCUT2D eigenvalue weighted by Gasteiger charge is 2.50. The molecule has 0 radical (unpaired) electrons. The second-order valence-electron chi connectivity index (χ2n) is 5.24. The number of rotatable bonds is 0. The first-order valence-electron chi connectivity index (χ1n) is 5.62. The summed E-state index contributed by atoms with van der Waals surface area (Å²) in [6.45, 7) is 7.28. The van der Waals surface area contributed by atoms with Gasteiger partial charge in [-0.1, -0.05) is 0 Å². The summed E-state index contributed by atoms with van der Waals surface area (Å²) in [4.78, 5) is 2.64. The third kappa shape index (κ3) is 1.15. The lowest BCUT2D eigenvalue weighted by Gasteiger charge is -2.51. The highest BCUT2D eigenvalue weighted by Crippen LogP contribution is 2.48. The monoisotopic (exact) mass is 181 g/mol. The molecule has 2 nitrogen and oxygen atoms in total. The maximum Gasteiger partial charge on any atom is 0.0554 e. The molecule has 0 saturated carbocycles. The van der Waals surface area contributed by atoms with E-state index in [0.29, 0.717) is 11.5 Å². The lowest BCUT2D eigenvalue weighted by Crippen LogP contribution is -2.55. The van der Waals surface area contributed by atoms with Crippen LogP contribution in [-0.4, -0.2) is 37.2 Å². The summed E-state index contributed by atoms with van der Waals surface area (Å²) in [5.74, 6) is 0.974. The highest BCUT2D eigenvalue weighted by molar-refractivity contribution is 5.00. The third-order valence-electron chi connectivity index (χ3n) is 4.34. The molecule has 4 rings (SSSR count). The van der Waals surface area contributed by atoms with Crippen molar-refractivity contribution in [3.05, 3.63) is 0 Å². The highest BCUT2D eigenvalue weighted by atomic mass is 16.5. The van der Waals surface area contributed by atoms with Gasteiger partial charge in [-0.2, -0.15) is 0 Å². The number of ether oxygens (including phenoxy) is 1. The van der Waals surface area contributed by atoms with E-state index in [-0.39, 0.29) is 0 Å². The van der Waals surface area contributed by atoms with Gasteiger partial charge in [-0.05, 0) is 45.2 Å². The largest absolute Gasteiger partial charge is 0.378 e. The molecule has 2 atom stereocenters. The lowest BCUT2D eigenvalue weighted by atomic mass is 9.65. The number of hydrogen-bond donors (Lipinski definition) is 0. The summed E-state index contributed by atoms with van der Waals surface area (Å²) in [6.07, 6.45) is 4.68. The zero-order chi connectivity index (χ0) is 8.89. The van der Waals surface area contributed by atoms with Gasteiger partial charge in [-0.25, -0.2) is 0 Å². The van der Waals surface area contributed by atoms with E-state index in [0.717, 1.165) is 12.5 Å². The van der Waals surface area contributed by atoms with Crippen molar-refractivity contribution in [2.75, 3.05) is 26.2 Å². The van der Waals surface area contributed by atoms with E-state index in [4.69, 9.17) is 4.74 Å². The molecule has 0 aromatic carbocycles. The molecule has 74 valence electrons. The second-order valence-corrected chi connectivity index (χ2v) is 5.24. The molecule has 0 aliphatic carbocycles. The minimum absolute atomic E-state index is 0.514. The average Bonchev–Trinajstić information content (AvgIpc) is 2.49. The Morgan fingerprint density at radius 2 is 2.08 bits per heavy atom. The summed E-state index contributed by atoms with van der Waals surface area (Å²) < 4.78 is 5.77. The van der Waals surface area contributed by atoms with E-state index >= 15 is 0 Å². The lowest BCUT2D eigenvalue weighted by molar-refractivity contribution is -0.0338. The molecule has 1 spiro atoms. The minimum atomic E-state index is 0.514. The summed E-state index contributed by atoms with van der Waals surface area (Å²) in [6, 6.07) is 0. The van der Waals surface area contributed by atoms with E-state index in [2.05, 4.69) is 11.8 Å². The molecular formula is C11H19NO.